The molecule has 0 bridgehead atoms. The summed E-state index contributed by atoms with van der Waals surface area (Å²) < 4.78 is 25.7. The molecule has 1 heterocycles. The molecule has 4 rings (SSSR count). The van der Waals surface area contributed by atoms with Gasteiger partial charge >= 0.3 is 0 Å². The Morgan fingerprint density at radius 1 is 1.08 bits per heavy atom. The average Bonchev–Trinajstić information content (AvgIpc) is 3.14. The molecule has 9 heteroatoms. The number of carbonyl (C=O) groups is 1. The summed E-state index contributed by atoms with van der Waals surface area (Å²) in [6.45, 7) is 6.85. The highest BCUT2D eigenvalue weighted by Crippen LogP contribution is 2.40. The Balaban J connectivity index is 1.64. The molecule has 0 aromatic heterocycles. The molecule has 1 fully saturated rings. The van der Waals surface area contributed by atoms with Crippen LogP contribution >= 0.6 is 35.0 Å². The van der Waals surface area contributed by atoms with Crippen molar-refractivity contribution in [2.75, 3.05) is 13.2 Å². The van der Waals surface area contributed by atoms with Crippen LogP contribution in [-0.4, -0.2) is 29.1 Å². The van der Waals surface area contributed by atoms with Crippen LogP contribution in [0.5, 0.6) is 11.5 Å². The number of rotatable bonds is 9. The monoisotopic (exact) mass is 572 g/mol. The Labute approximate surface area is 236 Å². The third-order valence-corrected chi connectivity index (χ3v) is 6.99. The number of nitrogens with zero attached hydrogens (tertiary/aromatic N) is 2. The van der Waals surface area contributed by atoms with Crippen LogP contribution in [0.2, 0.25) is 10.0 Å². The largest absolute Gasteiger partial charge is 0.490 e. The molecule has 0 radical (unpaired) electrons. The Kier molecular flexibility index (Phi) is 9.36. The van der Waals surface area contributed by atoms with E-state index in [1.807, 2.05) is 32.9 Å². The maximum atomic E-state index is 14.1. The molecule has 5 nitrogen and oxygen atoms in total. The van der Waals surface area contributed by atoms with E-state index in [0.29, 0.717) is 61.6 Å². The topological polar surface area (TPSA) is 51.1 Å². The lowest BCUT2D eigenvalue weighted by Gasteiger charge is -2.17. The van der Waals surface area contributed by atoms with Crippen LogP contribution < -0.4 is 9.47 Å². The smallest absolute Gasteiger partial charge is 0.266 e. The number of amides is 1. The van der Waals surface area contributed by atoms with E-state index in [4.69, 9.17) is 37.7 Å². The summed E-state index contributed by atoms with van der Waals surface area (Å²) in [7, 11) is 0. The van der Waals surface area contributed by atoms with Crippen molar-refractivity contribution in [3.05, 3.63) is 92.6 Å². The Morgan fingerprint density at radius 2 is 1.82 bits per heavy atom. The van der Waals surface area contributed by atoms with Crippen LogP contribution in [0.25, 0.3) is 6.08 Å². The lowest BCUT2D eigenvalue weighted by molar-refractivity contribution is -0.122. The normalized spacial score (nSPS) is 15.7. The number of carbonyl (C=O) groups excluding carboxylic acids is 1. The molecule has 1 aliphatic rings. The minimum atomic E-state index is -0.360. The van der Waals surface area contributed by atoms with Crippen LogP contribution in [0.3, 0.4) is 0 Å². The molecule has 0 atom stereocenters. The van der Waals surface area contributed by atoms with Crippen molar-refractivity contribution < 1.29 is 18.7 Å². The first-order chi connectivity index (χ1) is 18.2. The summed E-state index contributed by atoms with van der Waals surface area (Å²) in [6.07, 6.45) is 1.76. The summed E-state index contributed by atoms with van der Waals surface area (Å²) >= 11 is 13.9. The standard InChI is InChI=1S/C29H27Cl2FN2O3S/c1-4-36-25-14-19(13-23(31)27(25)37-17-20-7-5-6-8-24(20)32)15-26-28(35)34(16-18(2)3)29(38-26)33-22-11-9-21(30)10-12-22/h5-15,18H,4,16-17H2,1-3H3/b26-15-,33-29?. The van der Waals surface area contributed by atoms with Crippen LogP contribution in [0.1, 0.15) is 31.9 Å². The predicted molar refractivity (Wildman–Crippen MR) is 154 cm³/mol. The minimum Gasteiger partial charge on any atom is -0.490 e. The number of ether oxygens (including phenoxy) is 2. The zero-order valence-corrected chi connectivity index (χ0v) is 23.5. The molecule has 0 aliphatic carbocycles. The van der Waals surface area contributed by atoms with Gasteiger partial charge in [-0.2, -0.15) is 0 Å². The maximum absolute atomic E-state index is 14.1. The van der Waals surface area contributed by atoms with E-state index in [1.54, 1.807) is 53.4 Å². The first-order valence-electron chi connectivity index (χ1n) is 12.1. The minimum absolute atomic E-state index is 0.00404. The molecular weight excluding hydrogens is 546 g/mol. The molecule has 1 amide bonds. The molecule has 3 aromatic rings. The van der Waals surface area contributed by atoms with Gasteiger partial charge in [-0.25, -0.2) is 9.38 Å². The molecule has 0 saturated carbocycles. The van der Waals surface area contributed by atoms with Crippen LogP contribution in [0.4, 0.5) is 10.1 Å². The van der Waals surface area contributed by atoms with Gasteiger partial charge in [-0.1, -0.05) is 55.2 Å². The second kappa shape index (κ2) is 12.7. The van der Waals surface area contributed by atoms with Gasteiger partial charge in [-0.15, -0.1) is 0 Å². The van der Waals surface area contributed by atoms with Gasteiger partial charge in [0.05, 0.1) is 22.2 Å². The van der Waals surface area contributed by atoms with Gasteiger partial charge in [0.25, 0.3) is 5.91 Å². The van der Waals surface area contributed by atoms with E-state index >= 15 is 0 Å². The summed E-state index contributed by atoms with van der Waals surface area (Å²) in [5.74, 6) is 0.481. The SMILES string of the molecule is CCOc1cc(/C=C2\SC(=Nc3ccc(Cl)cc3)N(CC(C)C)C2=O)cc(Cl)c1OCc1ccccc1F. The van der Waals surface area contributed by atoms with Gasteiger partial charge in [0.2, 0.25) is 0 Å². The molecule has 1 saturated heterocycles. The molecule has 0 spiro atoms. The summed E-state index contributed by atoms with van der Waals surface area (Å²) in [4.78, 5) is 20.3. The van der Waals surface area contributed by atoms with Gasteiger partial charge in [0.1, 0.15) is 12.4 Å². The average molecular weight is 574 g/mol. The lowest BCUT2D eigenvalue weighted by Crippen LogP contribution is -2.32. The fraction of sp³-hybridized carbons (Fsp3) is 0.241. The van der Waals surface area contributed by atoms with Gasteiger partial charge in [0.15, 0.2) is 16.7 Å². The van der Waals surface area contributed by atoms with Gasteiger partial charge in [0, 0.05) is 17.1 Å². The van der Waals surface area contributed by atoms with Crippen molar-refractivity contribution >= 4 is 57.8 Å². The van der Waals surface area contributed by atoms with Crippen molar-refractivity contribution in [3.8, 4) is 11.5 Å². The van der Waals surface area contributed by atoms with Crippen molar-refractivity contribution in [1.82, 2.24) is 4.90 Å². The molecule has 0 unspecified atom stereocenters. The molecule has 3 aromatic carbocycles. The number of benzene rings is 3. The summed E-state index contributed by atoms with van der Waals surface area (Å²) in [5.41, 5.74) is 1.78. The summed E-state index contributed by atoms with van der Waals surface area (Å²) in [5, 5.41) is 1.51. The second-order valence-electron chi connectivity index (χ2n) is 8.93. The highest BCUT2D eigenvalue weighted by atomic mass is 35.5. The van der Waals surface area contributed by atoms with E-state index in [0.717, 1.165) is 0 Å². The molecule has 198 valence electrons. The van der Waals surface area contributed by atoms with Crippen LogP contribution in [-0.2, 0) is 11.4 Å². The second-order valence-corrected chi connectivity index (χ2v) is 10.8. The number of halogens is 3. The highest BCUT2D eigenvalue weighted by Gasteiger charge is 2.34. The van der Waals surface area contributed by atoms with Crippen molar-refractivity contribution in [2.24, 2.45) is 10.9 Å². The van der Waals surface area contributed by atoms with Crippen LogP contribution in [0.15, 0.2) is 70.6 Å². The molecule has 1 aliphatic heterocycles. The van der Waals surface area contributed by atoms with Gasteiger partial charge < -0.3 is 9.47 Å². The van der Waals surface area contributed by atoms with E-state index in [-0.39, 0.29) is 24.2 Å². The zero-order chi connectivity index (χ0) is 27.2. The Bertz CT molecular complexity index is 1380. The van der Waals surface area contributed by atoms with Gasteiger partial charge in [-0.05, 0) is 78.7 Å². The quantitative estimate of drug-likeness (QED) is 0.242. The predicted octanol–water partition coefficient (Wildman–Crippen LogP) is 8.37. The van der Waals surface area contributed by atoms with Crippen LogP contribution in [0, 0.1) is 11.7 Å². The van der Waals surface area contributed by atoms with Gasteiger partial charge in [-0.3, -0.25) is 9.69 Å². The van der Waals surface area contributed by atoms with Crippen molar-refractivity contribution in [2.45, 2.75) is 27.4 Å². The van der Waals surface area contributed by atoms with E-state index in [2.05, 4.69) is 0 Å². The number of amidine groups is 1. The Morgan fingerprint density at radius 3 is 2.50 bits per heavy atom. The van der Waals surface area contributed by atoms with Crippen molar-refractivity contribution in [1.29, 1.82) is 0 Å². The Hall–Kier alpha value is -3.00. The number of thioether (sulfide) groups is 1. The highest BCUT2D eigenvalue weighted by molar-refractivity contribution is 8.18. The van der Waals surface area contributed by atoms with E-state index in [1.165, 1.54) is 17.8 Å². The molecular formula is C29H27Cl2FN2O3S. The molecule has 38 heavy (non-hydrogen) atoms. The first kappa shape index (κ1) is 28.0. The fourth-order valence-electron chi connectivity index (χ4n) is 3.73. The number of hydrogen-bond acceptors (Lipinski definition) is 5. The van der Waals surface area contributed by atoms with E-state index < -0.39 is 0 Å². The maximum Gasteiger partial charge on any atom is 0.266 e. The lowest BCUT2D eigenvalue weighted by atomic mass is 10.1. The van der Waals surface area contributed by atoms with Crippen molar-refractivity contribution in [3.63, 3.8) is 0 Å². The first-order valence-corrected chi connectivity index (χ1v) is 13.7. The summed E-state index contributed by atoms with van der Waals surface area (Å²) in [6, 6.07) is 17.0. The molecule has 0 N–H and O–H groups in total. The number of aliphatic imine (C=N–C) groups is 1. The fourth-order valence-corrected chi connectivity index (χ4v) is 5.14. The third-order valence-electron chi connectivity index (χ3n) is 5.45. The third kappa shape index (κ3) is 6.90. The number of hydrogen-bond donors (Lipinski definition) is 0. The zero-order valence-electron chi connectivity index (χ0n) is 21.2. The van der Waals surface area contributed by atoms with E-state index in [9.17, 15) is 9.18 Å².